The molecule has 29 heavy (non-hydrogen) atoms. The molecule has 2 aliphatic rings. The molecule has 162 valence electrons. The van der Waals surface area contributed by atoms with Crippen LogP contribution in [0, 0.1) is 0 Å². The van der Waals surface area contributed by atoms with Crippen LogP contribution in [0.15, 0.2) is 30.8 Å². The van der Waals surface area contributed by atoms with E-state index >= 15 is 0 Å². The fourth-order valence-corrected chi connectivity index (χ4v) is 4.27. The highest BCUT2D eigenvalue weighted by Crippen LogP contribution is 2.19. The van der Waals surface area contributed by atoms with Gasteiger partial charge in [-0.2, -0.15) is 0 Å². The first kappa shape index (κ1) is 22.3. The van der Waals surface area contributed by atoms with Crippen LogP contribution < -0.4 is 0 Å². The fraction of sp³-hybridized carbons (Fsp3) is 0.667. The SMILES string of the molecule is C=C(c1cccc(CN2CCN(CCN3CCCC3)CC2)c1)N(C)CCN(C)C. The smallest absolute Gasteiger partial charge is 0.0364 e. The molecule has 0 bridgehead atoms. The number of likely N-dealkylation sites (N-methyl/N-ethyl adjacent to an activating group) is 2. The van der Waals surface area contributed by atoms with Crippen molar-refractivity contribution < 1.29 is 0 Å². The lowest BCUT2D eigenvalue weighted by molar-refractivity contribution is 0.117. The molecule has 5 heteroatoms. The van der Waals surface area contributed by atoms with Crippen molar-refractivity contribution in [1.82, 2.24) is 24.5 Å². The Labute approximate surface area is 178 Å². The zero-order chi connectivity index (χ0) is 20.6. The van der Waals surface area contributed by atoms with Crippen molar-refractivity contribution in [2.24, 2.45) is 0 Å². The topological polar surface area (TPSA) is 16.2 Å². The normalized spacial score (nSPS) is 19.2. The Balaban J connectivity index is 1.43. The van der Waals surface area contributed by atoms with Gasteiger partial charge in [-0.05, 0) is 57.2 Å². The lowest BCUT2D eigenvalue weighted by atomic mass is 10.1. The van der Waals surface area contributed by atoms with Crippen LogP contribution in [0.25, 0.3) is 5.70 Å². The number of nitrogens with zero attached hydrogens (tertiary/aromatic N) is 5. The molecule has 0 unspecified atom stereocenters. The molecule has 2 heterocycles. The van der Waals surface area contributed by atoms with Gasteiger partial charge in [-0.25, -0.2) is 0 Å². The molecule has 0 spiro atoms. The summed E-state index contributed by atoms with van der Waals surface area (Å²) in [5.41, 5.74) is 3.75. The summed E-state index contributed by atoms with van der Waals surface area (Å²) in [4.78, 5) is 12.3. The first-order valence-corrected chi connectivity index (χ1v) is 11.3. The largest absolute Gasteiger partial charge is 0.373 e. The summed E-state index contributed by atoms with van der Waals surface area (Å²) >= 11 is 0. The van der Waals surface area contributed by atoms with Gasteiger partial charge in [0.1, 0.15) is 0 Å². The Kier molecular flexibility index (Phi) is 8.54. The molecule has 2 fully saturated rings. The van der Waals surface area contributed by atoms with Crippen LogP contribution in [-0.2, 0) is 6.54 Å². The first-order valence-electron chi connectivity index (χ1n) is 11.3. The zero-order valence-corrected chi connectivity index (χ0v) is 18.9. The third-order valence-electron chi connectivity index (χ3n) is 6.41. The molecule has 0 radical (unpaired) electrons. The number of benzene rings is 1. The van der Waals surface area contributed by atoms with E-state index in [-0.39, 0.29) is 0 Å². The van der Waals surface area contributed by atoms with Crippen LogP contribution in [0.2, 0.25) is 0 Å². The molecule has 1 aromatic rings. The van der Waals surface area contributed by atoms with Gasteiger partial charge in [0.15, 0.2) is 0 Å². The minimum atomic E-state index is 0.995. The maximum atomic E-state index is 4.34. The van der Waals surface area contributed by atoms with Gasteiger partial charge in [0.2, 0.25) is 0 Å². The van der Waals surface area contributed by atoms with Crippen molar-refractivity contribution in [3.8, 4) is 0 Å². The van der Waals surface area contributed by atoms with E-state index in [0.29, 0.717) is 0 Å². The van der Waals surface area contributed by atoms with Crippen LogP contribution >= 0.6 is 0 Å². The Morgan fingerprint density at radius 2 is 1.48 bits per heavy atom. The predicted octanol–water partition coefficient (Wildman–Crippen LogP) is 2.36. The molecule has 2 saturated heterocycles. The molecule has 0 amide bonds. The third-order valence-corrected chi connectivity index (χ3v) is 6.41. The Morgan fingerprint density at radius 3 is 2.14 bits per heavy atom. The first-order chi connectivity index (χ1) is 14.0. The highest BCUT2D eigenvalue weighted by atomic mass is 15.3. The van der Waals surface area contributed by atoms with E-state index in [9.17, 15) is 0 Å². The Hall–Kier alpha value is -1.40. The van der Waals surface area contributed by atoms with Gasteiger partial charge in [0.05, 0.1) is 0 Å². The summed E-state index contributed by atoms with van der Waals surface area (Å²) in [6.45, 7) is 17.3. The quantitative estimate of drug-likeness (QED) is 0.599. The van der Waals surface area contributed by atoms with E-state index in [4.69, 9.17) is 0 Å². The van der Waals surface area contributed by atoms with Crippen LogP contribution in [0.3, 0.4) is 0 Å². The Morgan fingerprint density at radius 1 is 0.862 bits per heavy atom. The monoisotopic (exact) mass is 399 g/mol. The minimum absolute atomic E-state index is 0.995. The van der Waals surface area contributed by atoms with Crippen molar-refractivity contribution in [2.75, 3.05) is 86.6 Å². The number of hydrogen-bond donors (Lipinski definition) is 0. The Bertz CT molecular complexity index is 630. The zero-order valence-electron chi connectivity index (χ0n) is 18.9. The van der Waals surface area contributed by atoms with Crippen molar-refractivity contribution in [1.29, 1.82) is 0 Å². The fourth-order valence-electron chi connectivity index (χ4n) is 4.27. The van der Waals surface area contributed by atoms with Gasteiger partial charge >= 0.3 is 0 Å². The summed E-state index contributed by atoms with van der Waals surface area (Å²) < 4.78 is 0. The van der Waals surface area contributed by atoms with Crippen molar-refractivity contribution in [3.05, 3.63) is 42.0 Å². The third kappa shape index (κ3) is 7.10. The second-order valence-corrected chi connectivity index (χ2v) is 9.04. The molecule has 2 aliphatic heterocycles. The van der Waals surface area contributed by atoms with Gasteiger partial charge in [0, 0.05) is 71.6 Å². The molecular formula is C24H41N5. The van der Waals surface area contributed by atoms with E-state index in [1.54, 1.807) is 0 Å². The molecular weight excluding hydrogens is 358 g/mol. The summed E-state index contributed by atoms with van der Waals surface area (Å²) in [6, 6.07) is 8.96. The lowest BCUT2D eigenvalue weighted by Crippen LogP contribution is -2.47. The average Bonchev–Trinajstić information content (AvgIpc) is 3.25. The second kappa shape index (κ2) is 11.1. The van der Waals surface area contributed by atoms with E-state index in [1.165, 1.54) is 76.3 Å². The summed E-state index contributed by atoms with van der Waals surface area (Å²) in [5.74, 6) is 0. The lowest BCUT2D eigenvalue weighted by Gasteiger charge is -2.35. The molecule has 0 atom stereocenters. The number of rotatable bonds is 10. The maximum absolute atomic E-state index is 4.34. The average molecular weight is 400 g/mol. The number of likely N-dealkylation sites (tertiary alicyclic amines) is 1. The molecule has 3 rings (SSSR count). The van der Waals surface area contributed by atoms with Gasteiger partial charge < -0.3 is 14.7 Å². The molecule has 0 aliphatic carbocycles. The van der Waals surface area contributed by atoms with Gasteiger partial charge in [-0.3, -0.25) is 9.80 Å². The summed E-state index contributed by atoms with van der Waals surface area (Å²) in [6.07, 6.45) is 2.79. The van der Waals surface area contributed by atoms with Crippen LogP contribution in [-0.4, -0.2) is 111 Å². The highest BCUT2D eigenvalue weighted by molar-refractivity contribution is 5.62. The van der Waals surface area contributed by atoms with Crippen molar-refractivity contribution in [3.63, 3.8) is 0 Å². The summed E-state index contributed by atoms with van der Waals surface area (Å²) in [7, 11) is 6.37. The standard InChI is InChI=1S/C24H41N5/c1-22(26(4)13-12-25(2)3)24-9-7-8-23(20-24)21-29-18-16-28(17-19-29)15-14-27-10-5-6-11-27/h7-9,20H,1,5-6,10-19,21H2,2-4H3. The van der Waals surface area contributed by atoms with E-state index in [2.05, 4.69) is 76.5 Å². The van der Waals surface area contributed by atoms with Crippen LogP contribution in [0.5, 0.6) is 0 Å². The predicted molar refractivity (Wildman–Crippen MR) is 124 cm³/mol. The second-order valence-electron chi connectivity index (χ2n) is 9.04. The molecule has 0 aromatic heterocycles. The molecule has 5 nitrogen and oxygen atoms in total. The summed E-state index contributed by atoms with van der Waals surface area (Å²) in [5, 5.41) is 0. The highest BCUT2D eigenvalue weighted by Gasteiger charge is 2.19. The van der Waals surface area contributed by atoms with Gasteiger partial charge in [-0.15, -0.1) is 0 Å². The van der Waals surface area contributed by atoms with Crippen LogP contribution in [0.1, 0.15) is 24.0 Å². The van der Waals surface area contributed by atoms with Crippen molar-refractivity contribution >= 4 is 5.70 Å². The number of hydrogen-bond acceptors (Lipinski definition) is 5. The van der Waals surface area contributed by atoms with Crippen LogP contribution in [0.4, 0.5) is 0 Å². The number of piperazine rings is 1. The van der Waals surface area contributed by atoms with E-state index < -0.39 is 0 Å². The van der Waals surface area contributed by atoms with Crippen molar-refractivity contribution in [2.45, 2.75) is 19.4 Å². The molecule has 0 saturated carbocycles. The van der Waals surface area contributed by atoms with E-state index in [1.807, 2.05) is 0 Å². The maximum Gasteiger partial charge on any atom is 0.0364 e. The van der Waals surface area contributed by atoms with Gasteiger partial charge in [-0.1, -0.05) is 24.8 Å². The van der Waals surface area contributed by atoms with E-state index in [0.717, 1.165) is 25.3 Å². The molecule has 1 aromatic carbocycles. The molecule has 0 N–H and O–H groups in total. The van der Waals surface area contributed by atoms with Gasteiger partial charge in [0.25, 0.3) is 0 Å². The minimum Gasteiger partial charge on any atom is -0.373 e.